The van der Waals surface area contributed by atoms with E-state index in [9.17, 15) is 0 Å². The van der Waals surface area contributed by atoms with Gasteiger partial charge in [-0.3, -0.25) is 0 Å². The van der Waals surface area contributed by atoms with E-state index in [1.807, 2.05) is 28.7 Å². The van der Waals surface area contributed by atoms with Crippen LogP contribution in [-0.4, -0.2) is 0 Å². The maximum absolute atomic E-state index is 6.40. The van der Waals surface area contributed by atoms with Gasteiger partial charge in [0.05, 0.1) is 11.1 Å². The summed E-state index contributed by atoms with van der Waals surface area (Å²) in [5.41, 5.74) is 9.88. The lowest BCUT2D eigenvalue weighted by molar-refractivity contribution is 0.669. The number of rotatable bonds is 5. The largest absolute Gasteiger partial charge is 0.456 e. The zero-order chi connectivity index (χ0) is 34.2. The molecule has 0 N–H and O–H groups in total. The van der Waals surface area contributed by atoms with Gasteiger partial charge in [-0.05, 0) is 89.0 Å². The van der Waals surface area contributed by atoms with Crippen molar-refractivity contribution < 1.29 is 4.42 Å². The second-order valence-electron chi connectivity index (χ2n) is 13.3. The maximum atomic E-state index is 6.40. The number of hydrogen-bond donors (Lipinski definition) is 0. The summed E-state index contributed by atoms with van der Waals surface area (Å²) in [7, 11) is 0. The fourth-order valence-corrected chi connectivity index (χ4v) is 10.2. The van der Waals surface area contributed by atoms with Crippen LogP contribution in [-0.2, 0) is 0 Å². The molecule has 0 aliphatic rings. The van der Waals surface area contributed by atoms with Crippen molar-refractivity contribution in [1.82, 2.24) is 0 Å². The third-order valence-corrected chi connectivity index (χ3v) is 12.6. The molecule has 0 unspecified atom stereocenters. The molecule has 11 aromatic rings. The van der Waals surface area contributed by atoms with Crippen LogP contribution in [0.3, 0.4) is 0 Å². The number of anilines is 3. The van der Waals surface area contributed by atoms with Gasteiger partial charge in [0, 0.05) is 57.1 Å². The molecule has 0 fully saturated rings. The average molecular weight is 700 g/mol. The minimum Gasteiger partial charge on any atom is -0.456 e. The standard InChI is InChI=1S/C48H29NOS2/c1-4-18-42-39(14-1)47-41(17-9-19-43(47)50-42)49(33-25-22-30(23-26-33)31-24-27-46-40(29-31)37-13-3-5-20-44(37)51-46)34-11-7-10-32(28-34)35-15-8-16-38-36-12-2-6-21-45(36)52-48(35)38/h1-29H. The molecule has 0 aliphatic heterocycles. The lowest BCUT2D eigenvalue weighted by atomic mass is 10.0. The molecule has 0 atom stereocenters. The van der Waals surface area contributed by atoms with Crippen LogP contribution in [0, 0.1) is 0 Å². The minimum atomic E-state index is 0.878. The fourth-order valence-electron chi connectivity index (χ4n) is 7.87. The molecule has 52 heavy (non-hydrogen) atoms. The molecule has 8 aromatic carbocycles. The third-order valence-electron chi connectivity index (χ3n) is 10.3. The lowest BCUT2D eigenvalue weighted by Crippen LogP contribution is -2.10. The summed E-state index contributed by atoms with van der Waals surface area (Å²) in [6.45, 7) is 0. The van der Waals surface area contributed by atoms with Crippen molar-refractivity contribution in [3.05, 3.63) is 176 Å². The Morgan fingerprint density at radius 2 is 1.04 bits per heavy atom. The quantitative estimate of drug-likeness (QED) is 0.178. The van der Waals surface area contributed by atoms with Gasteiger partial charge in [-0.1, -0.05) is 109 Å². The lowest BCUT2D eigenvalue weighted by Gasteiger charge is -2.27. The number of hydrogen-bond acceptors (Lipinski definition) is 4. The SMILES string of the molecule is c1cc(-c2cccc3c2sc2ccccc23)cc(N(c2ccc(-c3ccc4sc5ccccc5c4c3)cc2)c2cccc3oc4ccccc4c23)c1. The average Bonchev–Trinajstić information content (AvgIpc) is 3.90. The molecule has 11 rings (SSSR count). The number of thiophene rings is 2. The van der Waals surface area contributed by atoms with Crippen LogP contribution in [0.25, 0.3) is 84.5 Å². The summed E-state index contributed by atoms with van der Waals surface area (Å²) in [6, 6.07) is 63.7. The van der Waals surface area contributed by atoms with Crippen LogP contribution in [0.1, 0.15) is 0 Å². The van der Waals surface area contributed by atoms with Gasteiger partial charge < -0.3 is 9.32 Å². The van der Waals surface area contributed by atoms with Gasteiger partial charge in [0.1, 0.15) is 11.2 Å². The molecule has 0 aliphatic carbocycles. The van der Waals surface area contributed by atoms with E-state index in [0.717, 1.165) is 39.0 Å². The predicted molar refractivity (Wildman–Crippen MR) is 225 cm³/mol. The number of para-hydroxylation sites is 1. The number of fused-ring (bicyclic) bond motifs is 9. The van der Waals surface area contributed by atoms with Crippen LogP contribution in [0.4, 0.5) is 17.1 Å². The molecule has 0 spiro atoms. The van der Waals surface area contributed by atoms with Crippen molar-refractivity contribution in [1.29, 1.82) is 0 Å². The Bertz CT molecular complexity index is 3150. The number of furan rings is 1. The first kappa shape index (κ1) is 29.5. The zero-order valence-corrected chi connectivity index (χ0v) is 29.5. The molecule has 0 bridgehead atoms. The Morgan fingerprint density at radius 1 is 0.385 bits per heavy atom. The molecule has 0 radical (unpaired) electrons. The van der Waals surface area contributed by atoms with Crippen molar-refractivity contribution in [2.75, 3.05) is 4.90 Å². The Balaban J connectivity index is 1.09. The van der Waals surface area contributed by atoms with Crippen molar-refractivity contribution >= 4 is 102 Å². The highest BCUT2D eigenvalue weighted by Gasteiger charge is 2.20. The van der Waals surface area contributed by atoms with Crippen LogP contribution in [0.15, 0.2) is 180 Å². The Kier molecular flexibility index (Phi) is 6.63. The van der Waals surface area contributed by atoms with E-state index < -0.39 is 0 Å². The fraction of sp³-hybridized carbons (Fsp3) is 0. The topological polar surface area (TPSA) is 16.4 Å². The molecule has 2 nitrogen and oxygen atoms in total. The number of nitrogens with zero attached hydrogens (tertiary/aromatic N) is 1. The first-order valence-electron chi connectivity index (χ1n) is 17.5. The second kappa shape index (κ2) is 11.7. The highest BCUT2D eigenvalue weighted by atomic mass is 32.1. The third kappa shape index (κ3) is 4.62. The van der Waals surface area contributed by atoms with Gasteiger partial charge in [0.15, 0.2) is 0 Å². The predicted octanol–water partition coefficient (Wildman–Crippen LogP) is 15.1. The molecule has 0 saturated heterocycles. The van der Waals surface area contributed by atoms with Crippen molar-refractivity contribution in [3.63, 3.8) is 0 Å². The summed E-state index contributed by atoms with van der Waals surface area (Å²) >= 11 is 3.73. The summed E-state index contributed by atoms with van der Waals surface area (Å²) in [5.74, 6) is 0. The Labute approximate surface area is 308 Å². The van der Waals surface area contributed by atoms with Crippen LogP contribution >= 0.6 is 22.7 Å². The molecular weight excluding hydrogens is 671 g/mol. The van der Waals surface area contributed by atoms with Gasteiger partial charge in [-0.15, -0.1) is 22.7 Å². The van der Waals surface area contributed by atoms with Crippen molar-refractivity contribution in [3.8, 4) is 22.3 Å². The molecule has 4 heteroatoms. The second-order valence-corrected chi connectivity index (χ2v) is 15.4. The first-order chi connectivity index (χ1) is 25.8. The molecule has 244 valence electrons. The van der Waals surface area contributed by atoms with Gasteiger partial charge in [0.25, 0.3) is 0 Å². The molecule has 3 heterocycles. The summed E-state index contributed by atoms with van der Waals surface area (Å²) in [6.07, 6.45) is 0. The Hall–Kier alpha value is -6.20. The molecule has 0 amide bonds. The van der Waals surface area contributed by atoms with E-state index in [1.165, 1.54) is 62.6 Å². The normalized spacial score (nSPS) is 11.8. The van der Waals surface area contributed by atoms with Crippen molar-refractivity contribution in [2.45, 2.75) is 0 Å². The van der Waals surface area contributed by atoms with E-state index in [1.54, 1.807) is 0 Å². The highest BCUT2D eigenvalue weighted by Crippen LogP contribution is 2.46. The van der Waals surface area contributed by atoms with E-state index in [4.69, 9.17) is 4.42 Å². The highest BCUT2D eigenvalue weighted by molar-refractivity contribution is 7.26. The van der Waals surface area contributed by atoms with Crippen LogP contribution in [0.2, 0.25) is 0 Å². The van der Waals surface area contributed by atoms with E-state index >= 15 is 0 Å². The number of benzene rings is 8. The van der Waals surface area contributed by atoms with Gasteiger partial charge >= 0.3 is 0 Å². The van der Waals surface area contributed by atoms with Gasteiger partial charge in [-0.25, -0.2) is 0 Å². The monoisotopic (exact) mass is 699 g/mol. The van der Waals surface area contributed by atoms with Crippen molar-refractivity contribution in [2.24, 2.45) is 0 Å². The van der Waals surface area contributed by atoms with E-state index in [-0.39, 0.29) is 0 Å². The van der Waals surface area contributed by atoms with Gasteiger partial charge in [0.2, 0.25) is 0 Å². The summed E-state index contributed by atoms with van der Waals surface area (Å²) < 4.78 is 11.7. The molecule has 0 saturated carbocycles. The van der Waals surface area contributed by atoms with E-state index in [0.29, 0.717) is 0 Å². The minimum absolute atomic E-state index is 0.878. The molecular formula is C48H29NOS2. The maximum Gasteiger partial charge on any atom is 0.137 e. The molecule has 3 aromatic heterocycles. The summed E-state index contributed by atoms with van der Waals surface area (Å²) in [4.78, 5) is 2.39. The first-order valence-corrected chi connectivity index (χ1v) is 19.1. The van der Waals surface area contributed by atoms with Crippen LogP contribution < -0.4 is 4.90 Å². The summed E-state index contributed by atoms with van der Waals surface area (Å²) in [5, 5.41) is 7.46. The smallest absolute Gasteiger partial charge is 0.137 e. The Morgan fingerprint density at radius 3 is 1.90 bits per heavy atom. The van der Waals surface area contributed by atoms with Crippen LogP contribution in [0.5, 0.6) is 0 Å². The zero-order valence-electron chi connectivity index (χ0n) is 27.9. The van der Waals surface area contributed by atoms with Gasteiger partial charge in [-0.2, -0.15) is 0 Å². The van der Waals surface area contributed by atoms with E-state index in [2.05, 4.69) is 175 Å².